The summed E-state index contributed by atoms with van der Waals surface area (Å²) >= 11 is 0. The van der Waals surface area contributed by atoms with Gasteiger partial charge in [-0.05, 0) is 32.0 Å². The van der Waals surface area contributed by atoms with Crippen LogP contribution in [-0.2, 0) is 10.0 Å². The number of urea groups is 1. The molecule has 0 bridgehead atoms. The van der Waals surface area contributed by atoms with Gasteiger partial charge in [-0.3, -0.25) is 15.4 Å². The first-order valence-corrected chi connectivity index (χ1v) is 11.1. The van der Waals surface area contributed by atoms with Crippen LogP contribution >= 0.6 is 0 Å². The molecule has 14 heteroatoms. The second-order valence-corrected chi connectivity index (χ2v) is 8.41. The SMILES string of the molecule is COc1cc(OC)nc(NC(=O)NS(=O)(=O)c2ccccc2C(=O)Nc2nc(C)cc(C)n2)n1. The summed E-state index contributed by atoms with van der Waals surface area (Å²) in [6.45, 7) is 3.46. The van der Waals surface area contributed by atoms with E-state index in [2.05, 4.69) is 30.6 Å². The van der Waals surface area contributed by atoms with Gasteiger partial charge in [-0.2, -0.15) is 9.97 Å². The number of anilines is 2. The highest BCUT2D eigenvalue weighted by Crippen LogP contribution is 2.19. The molecule has 0 saturated heterocycles. The molecule has 1 aromatic carbocycles. The summed E-state index contributed by atoms with van der Waals surface area (Å²) in [7, 11) is -1.78. The molecule has 3 rings (SSSR count). The largest absolute Gasteiger partial charge is 0.481 e. The summed E-state index contributed by atoms with van der Waals surface area (Å²) < 4.78 is 37.6. The first-order valence-electron chi connectivity index (χ1n) is 9.65. The van der Waals surface area contributed by atoms with Crippen molar-refractivity contribution in [3.05, 3.63) is 53.3 Å². The van der Waals surface area contributed by atoms with Crippen LogP contribution in [0.5, 0.6) is 11.8 Å². The van der Waals surface area contributed by atoms with Crippen LogP contribution in [0.2, 0.25) is 0 Å². The number of methoxy groups -OCH3 is 2. The fraction of sp³-hybridized carbons (Fsp3) is 0.200. The Morgan fingerprint density at radius 2 is 1.38 bits per heavy atom. The summed E-state index contributed by atoms with van der Waals surface area (Å²) in [4.78, 5) is 40.7. The van der Waals surface area contributed by atoms with Crippen LogP contribution in [0, 0.1) is 13.8 Å². The fourth-order valence-corrected chi connectivity index (χ4v) is 3.93. The number of carbonyl (C=O) groups is 2. The molecular weight excluding hydrogens is 466 g/mol. The van der Waals surface area contributed by atoms with Crippen molar-refractivity contribution in [3.63, 3.8) is 0 Å². The van der Waals surface area contributed by atoms with Crippen molar-refractivity contribution in [1.29, 1.82) is 0 Å². The molecular formula is C20H21N7O6S. The van der Waals surface area contributed by atoms with E-state index in [0.717, 1.165) is 0 Å². The highest BCUT2D eigenvalue weighted by atomic mass is 32.2. The van der Waals surface area contributed by atoms with Crippen molar-refractivity contribution in [1.82, 2.24) is 24.7 Å². The standard InChI is InChI=1S/C20H21N7O6S/c1-11-9-12(2)22-18(21-11)25-17(28)13-7-5-6-8-14(13)34(30,31)27-20(29)26-19-23-15(32-3)10-16(24-19)33-4/h5-10H,1-4H3,(H,21,22,25,28)(H2,23,24,26,27,29). The average Bonchev–Trinajstić information content (AvgIpc) is 2.77. The van der Waals surface area contributed by atoms with Crippen LogP contribution in [-0.4, -0.2) is 54.5 Å². The summed E-state index contributed by atoms with van der Waals surface area (Å²) in [5.74, 6) is -0.847. The highest BCUT2D eigenvalue weighted by Gasteiger charge is 2.25. The molecule has 0 aliphatic rings. The summed E-state index contributed by atoms with van der Waals surface area (Å²) in [5, 5.41) is 4.66. The molecule has 0 radical (unpaired) electrons. The Balaban J connectivity index is 1.82. The van der Waals surface area contributed by atoms with E-state index in [1.807, 2.05) is 4.72 Å². The number of nitrogens with one attached hydrogen (secondary N) is 3. The molecule has 0 unspecified atom stereocenters. The summed E-state index contributed by atoms with van der Waals surface area (Å²) in [6, 6.07) is 7.28. The second kappa shape index (κ2) is 10.1. The number of aryl methyl sites for hydroxylation is 2. The maximum atomic E-state index is 12.9. The third kappa shape index (κ3) is 5.92. The van der Waals surface area contributed by atoms with Gasteiger partial charge in [0.2, 0.25) is 23.7 Å². The van der Waals surface area contributed by atoms with Gasteiger partial charge in [0.1, 0.15) is 4.90 Å². The van der Waals surface area contributed by atoms with E-state index in [9.17, 15) is 18.0 Å². The molecule has 0 saturated carbocycles. The second-order valence-electron chi connectivity index (χ2n) is 6.76. The lowest BCUT2D eigenvalue weighted by atomic mass is 10.2. The Labute approximate surface area is 195 Å². The van der Waals surface area contributed by atoms with Crippen LogP contribution < -0.4 is 24.8 Å². The molecule has 3 aromatic rings. The van der Waals surface area contributed by atoms with E-state index in [1.165, 1.54) is 44.6 Å². The van der Waals surface area contributed by atoms with Crippen molar-refractivity contribution in [2.75, 3.05) is 24.9 Å². The average molecular weight is 487 g/mol. The normalized spacial score (nSPS) is 10.8. The van der Waals surface area contributed by atoms with Crippen LogP contribution in [0.4, 0.5) is 16.7 Å². The Morgan fingerprint density at radius 1 is 0.824 bits per heavy atom. The predicted octanol–water partition coefficient (Wildman–Crippen LogP) is 1.66. The minimum Gasteiger partial charge on any atom is -0.481 e. The fourth-order valence-electron chi connectivity index (χ4n) is 2.81. The van der Waals surface area contributed by atoms with Gasteiger partial charge in [0.15, 0.2) is 0 Å². The molecule has 2 heterocycles. The van der Waals surface area contributed by atoms with Crippen LogP contribution in [0.1, 0.15) is 21.7 Å². The number of sulfonamides is 1. The van der Waals surface area contributed by atoms with Gasteiger partial charge >= 0.3 is 6.03 Å². The molecule has 3 amide bonds. The number of amides is 3. The molecule has 34 heavy (non-hydrogen) atoms. The van der Waals surface area contributed by atoms with E-state index < -0.39 is 26.9 Å². The molecule has 2 aromatic heterocycles. The number of rotatable bonds is 7. The monoisotopic (exact) mass is 487 g/mol. The zero-order valence-corrected chi connectivity index (χ0v) is 19.4. The zero-order valence-electron chi connectivity index (χ0n) is 18.6. The molecule has 0 aliphatic carbocycles. The molecule has 13 nitrogen and oxygen atoms in total. The minimum atomic E-state index is -4.48. The van der Waals surface area contributed by atoms with E-state index in [4.69, 9.17) is 9.47 Å². The molecule has 3 N–H and O–H groups in total. The van der Waals surface area contributed by atoms with Crippen LogP contribution in [0.25, 0.3) is 0 Å². The molecule has 0 fully saturated rings. The lowest BCUT2D eigenvalue weighted by molar-refractivity contribution is 0.102. The number of aromatic nitrogens is 4. The lowest BCUT2D eigenvalue weighted by Gasteiger charge is -2.12. The lowest BCUT2D eigenvalue weighted by Crippen LogP contribution is -2.36. The zero-order chi connectivity index (χ0) is 24.9. The maximum Gasteiger partial charge on any atom is 0.335 e. The Hall–Kier alpha value is -4.33. The van der Waals surface area contributed by atoms with Crippen molar-refractivity contribution in [2.24, 2.45) is 0 Å². The smallest absolute Gasteiger partial charge is 0.335 e. The Bertz CT molecular complexity index is 1300. The third-order valence-electron chi connectivity index (χ3n) is 4.18. The maximum absolute atomic E-state index is 12.9. The number of carbonyl (C=O) groups excluding carboxylic acids is 2. The minimum absolute atomic E-state index is 0.0181. The number of benzene rings is 1. The number of nitrogens with zero attached hydrogens (tertiary/aromatic N) is 4. The topological polar surface area (TPSA) is 174 Å². The highest BCUT2D eigenvalue weighted by molar-refractivity contribution is 7.90. The van der Waals surface area contributed by atoms with Gasteiger partial charge in [0, 0.05) is 11.4 Å². The molecule has 0 spiro atoms. The van der Waals surface area contributed by atoms with Crippen LogP contribution in [0.15, 0.2) is 41.3 Å². The van der Waals surface area contributed by atoms with Crippen molar-refractivity contribution in [2.45, 2.75) is 18.7 Å². The third-order valence-corrected chi connectivity index (χ3v) is 5.57. The molecule has 0 aliphatic heterocycles. The summed E-state index contributed by atoms with van der Waals surface area (Å²) in [6.07, 6.45) is 0. The number of ether oxygens (including phenoxy) is 2. The van der Waals surface area contributed by atoms with E-state index >= 15 is 0 Å². The van der Waals surface area contributed by atoms with Crippen molar-refractivity contribution in [3.8, 4) is 11.8 Å². The summed E-state index contributed by atoms with van der Waals surface area (Å²) in [5.41, 5.74) is 1.03. The number of hydrogen-bond acceptors (Lipinski definition) is 10. The van der Waals surface area contributed by atoms with Gasteiger partial charge in [0.05, 0.1) is 25.8 Å². The van der Waals surface area contributed by atoms with E-state index in [0.29, 0.717) is 11.4 Å². The van der Waals surface area contributed by atoms with Crippen molar-refractivity contribution < 1.29 is 27.5 Å². The van der Waals surface area contributed by atoms with Gasteiger partial charge in [-0.1, -0.05) is 12.1 Å². The first-order chi connectivity index (χ1) is 16.1. The Morgan fingerprint density at radius 3 is 1.97 bits per heavy atom. The first kappa shape index (κ1) is 24.3. The van der Waals surface area contributed by atoms with Gasteiger partial charge in [0.25, 0.3) is 15.9 Å². The van der Waals surface area contributed by atoms with Gasteiger partial charge in [-0.25, -0.2) is 27.9 Å². The van der Waals surface area contributed by atoms with Crippen LogP contribution in [0.3, 0.4) is 0 Å². The van der Waals surface area contributed by atoms with Gasteiger partial charge in [-0.15, -0.1) is 0 Å². The molecule has 0 atom stereocenters. The van der Waals surface area contributed by atoms with E-state index in [1.54, 1.807) is 19.9 Å². The quantitative estimate of drug-likeness (QED) is 0.444. The van der Waals surface area contributed by atoms with Crippen molar-refractivity contribution >= 4 is 33.9 Å². The Kier molecular flexibility index (Phi) is 7.21. The van der Waals surface area contributed by atoms with Gasteiger partial charge < -0.3 is 9.47 Å². The molecule has 178 valence electrons. The predicted molar refractivity (Wildman–Crippen MR) is 120 cm³/mol. The number of hydrogen-bond donors (Lipinski definition) is 3. The van der Waals surface area contributed by atoms with E-state index in [-0.39, 0.29) is 29.2 Å².